The third-order valence-corrected chi connectivity index (χ3v) is 6.02. The average Bonchev–Trinajstić information content (AvgIpc) is 3.00. The van der Waals surface area contributed by atoms with Crippen LogP contribution in [0.2, 0.25) is 0 Å². The van der Waals surface area contributed by atoms with Crippen LogP contribution in [0.15, 0.2) is 29.2 Å². The molecule has 1 amide bonds. The van der Waals surface area contributed by atoms with Crippen molar-refractivity contribution in [1.82, 2.24) is 14.5 Å². The van der Waals surface area contributed by atoms with Gasteiger partial charge < -0.3 is 0 Å². The molecule has 2 rings (SSSR count). The monoisotopic (exact) mass is 368 g/mol. The van der Waals surface area contributed by atoms with Crippen LogP contribution in [0.25, 0.3) is 0 Å². The first-order valence-electron chi connectivity index (χ1n) is 7.51. The number of carbonyl (C=O) groups excluding carboxylic acids is 1. The number of hydrogen-bond donors (Lipinski definition) is 1. The van der Waals surface area contributed by atoms with E-state index in [1.165, 1.54) is 43.6 Å². The van der Waals surface area contributed by atoms with E-state index in [1.54, 1.807) is 6.07 Å². The van der Waals surface area contributed by atoms with Gasteiger partial charge in [0, 0.05) is 26.1 Å². The van der Waals surface area contributed by atoms with Crippen molar-refractivity contribution in [3.63, 3.8) is 0 Å². The van der Waals surface area contributed by atoms with Gasteiger partial charge in [0.05, 0.1) is 4.90 Å². The highest BCUT2D eigenvalue weighted by Crippen LogP contribution is 2.19. The Morgan fingerprint density at radius 2 is 2.04 bits per heavy atom. The van der Waals surface area contributed by atoms with Crippen LogP contribution in [0.4, 0.5) is 5.13 Å². The summed E-state index contributed by atoms with van der Waals surface area (Å²) in [5.74, 6) is -0.413. The number of hydrogen-bond acceptors (Lipinski definition) is 6. The standard InChI is InChI=1S/C15H20N4O3S2/c1-4-5-9-13-17-18-15(23-13)16-14(20)11-7-6-8-12(10-11)24(21,22)19(2)3/h6-8,10H,4-5,9H2,1-3H3,(H,16,18,20). The fourth-order valence-corrected chi connectivity index (χ4v) is 3.64. The zero-order chi connectivity index (χ0) is 17.7. The Morgan fingerprint density at radius 1 is 1.29 bits per heavy atom. The molecule has 0 fully saturated rings. The summed E-state index contributed by atoms with van der Waals surface area (Å²) in [7, 11) is -0.693. The fraction of sp³-hybridized carbons (Fsp3) is 0.400. The third kappa shape index (κ3) is 4.37. The molecule has 2 aromatic rings. The van der Waals surface area contributed by atoms with E-state index < -0.39 is 15.9 Å². The fourth-order valence-electron chi connectivity index (χ4n) is 1.91. The van der Waals surface area contributed by atoms with Gasteiger partial charge in [-0.25, -0.2) is 12.7 Å². The van der Waals surface area contributed by atoms with Crippen molar-refractivity contribution in [2.24, 2.45) is 0 Å². The SMILES string of the molecule is CCCCc1nnc(NC(=O)c2cccc(S(=O)(=O)N(C)C)c2)s1. The Morgan fingerprint density at radius 3 is 2.71 bits per heavy atom. The maximum Gasteiger partial charge on any atom is 0.257 e. The van der Waals surface area contributed by atoms with E-state index in [2.05, 4.69) is 22.4 Å². The van der Waals surface area contributed by atoms with Crippen LogP contribution >= 0.6 is 11.3 Å². The first-order chi connectivity index (χ1) is 11.3. The lowest BCUT2D eigenvalue weighted by atomic mass is 10.2. The number of aromatic nitrogens is 2. The zero-order valence-corrected chi connectivity index (χ0v) is 15.4. The Hall–Kier alpha value is -1.84. The Bertz CT molecular complexity index is 816. The van der Waals surface area contributed by atoms with Gasteiger partial charge in [-0.2, -0.15) is 0 Å². The summed E-state index contributed by atoms with van der Waals surface area (Å²) in [5, 5.41) is 11.9. The van der Waals surface area contributed by atoms with Gasteiger partial charge in [0.25, 0.3) is 5.91 Å². The Labute approximate surface area is 145 Å². The summed E-state index contributed by atoms with van der Waals surface area (Å²) in [6, 6.07) is 5.91. The van der Waals surface area contributed by atoms with E-state index in [1.807, 2.05) is 0 Å². The normalized spacial score (nSPS) is 11.7. The summed E-state index contributed by atoms with van der Waals surface area (Å²) in [5.41, 5.74) is 0.253. The van der Waals surface area contributed by atoms with Crippen LogP contribution in [0.1, 0.15) is 35.1 Å². The highest BCUT2D eigenvalue weighted by molar-refractivity contribution is 7.89. The molecular formula is C15H20N4O3S2. The van der Waals surface area contributed by atoms with Crippen LogP contribution in [0, 0.1) is 0 Å². The van der Waals surface area contributed by atoms with Crippen LogP contribution in [-0.4, -0.2) is 42.9 Å². The third-order valence-electron chi connectivity index (χ3n) is 3.31. The van der Waals surface area contributed by atoms with Gasteiger partial charge >= 0.3 is 0 Å². The lowest BCUT2D eigenvalue weighted by Gasteiger charge is -2.12. The lowest BCUT2D eigenvalue weighted by molar-refractivity contribution is 0.102. The van der Waals surface area contributed by atoms with Gasteiger partial charge in [-0.05, 0) is 24.6 Å². The molecule has 0 aliphatic carbocycles. The predicted molar refractivity (Wildman–Crippen MR) is 93.8 cm³/mol. The van der Waals surface area contributed by atoms with Crippen LogP contribution in [0.3, 0.4) is 0 Å². The van der Waals surface area contributed by atoms with Crippen LogP contribution < -0.4 is 5.32 Å². The number of amides is 1. The highest BCUT2D eigenvalue weighted by Gasteiger charge is 2.19. The molecule has 7 nitrogen and oxygen atoms in total. The quantitative estimate of drug-likeness (QED) is 0.810. The summed E-state index contributed by atoms with van der Waals surface area (Å²) >= 11 is 1.33. The van der Waals surface area contributed by atoms with Crippen molar-refractivity contribution in [1.29, 1.82) is 0 Å². The molecule has 9 heteroatoms. The molecule has 1 N–H and O–H groups in total. The molecule has 0 unspecified atom stereocenters. The molecule has 0 atom stereocenters. The summed E-state index contributed by atoms with van der Waals surface area (Å²) in [6.07, 6.45) is 2.92. The molecule has 130 valence electrons. The van der Waals surface area contributed by atoms with Crippen molar-refractivity contribution >= 4 is 32.4 Å². The smallest absolute Gasteiger partial charge is 0.257 e. The van der Waals surface area contributed by atoms with E-state index in [0.29, 0.717) is 5.13 Å². The first kappa shape index (κ1) is 18.5. The number of carbonyl (C=O) groups is 1. The van der Waals surface area contributed by atoms with Crippen molar-refractivity contribution in [3.8, 4) is 0 Å². The molecule has 1 aromatic heterocycles. The Kier molecular flexibility index (Phi) is 6.03. The second kappa shape index (κ2) is 7.82. The zero-order valence-electron chi connectivity index (χ0n) is 13.8. The number of nitrogens with zero attached hydrogens (tertiary/aromatic N) is 3. The molecule has 0 aliphatic rings. The number of benzene rings is 1. The number of aryl methyl sites for hydroxylation is 1. The molecule has 0 aliphatic heterocycles. The largest absolute Gasteiger partial charge is 0.296 e. The van der Waals surface area contributed by atoms with E-state index in [0.717, 1.165) is 28.6 Å². The molecule has 0 radical (unpaired) electrons. The van der Waals surface area contributed by atoms with E-state index in [-0.39, 0.29) is 10.5 Å². The number of rotatable bonds is 7. The molecule has 0 saturated heterocycles. The minimum atomic E-state index is -3.58. The molecule has 24 heavy (non-hydrogen) atoms. The topological polar surface area (TPSA) is 92.3 Å². The van der Waals surface area contributed by atoms with Gasteiger partial charge in [-0.15, -0.1) is 10.2 Å². The predicted octanol–water partition coefficient (Wildman–Crippen LogP) is 2.38. The van der Waals surface area contributed by atoms with E-state index in [9.17, 15) is 13.2 Å². The average molecular weight is 368 g/mol. The minimum absolute atomic E-state index is 0.0704. The van der Waals surface area contributed by atoms with E-state index in [4.69, 9.17) is 0 Å². The van der Waals surface area contributed by atoms with Crippen molar-refractivity contribution < 1.29 is 13.2 Å². The summed E-state index contributed by atoms with van der Waals surface area (Å²) in [4.78, 5) is 12.4. The van der Waals surface area contributed by atoms with Crippen molar-refractivity contribution in [2.75, 3.05) is 19.4 Å². The second-order valence-electron chi connectivity index (χ2n) is 5.37. The minimum Gasteiger partial charge on any atom is -0.296 e. The maximum absolute atomic E-state index is 12.3. The first-order valence-corrected chi connectivity index (χ1v) is 9.76. The molecule has 0 saturated carbocycles. The van der Waals surface area contributed by atoms with Crippen LogP contribution in [0.5, 0.6) is 0 Å². The number of sulfonamides is 1. The van der Waals surface area contributed by atoms with Gasteiger partial charge in [0.1, 0.15) is 5.01 Å². The van der Waals surface area contributed by atoms with Gasteiger partial charge in [0.15, 0.2) is 0 Å². The van der Waals surface area contributed by atoms with Gasteiger partial charge in [-0.1, -0.05) is 30.7 Å². The van der Waals surface area contributed by atoms with Crippen LogP contribution in [-0.2, 0) is 16.4 Å². The second-order valence-corrected chi connectivity index (χ2v) is 8.59. The molecular weight excluding hydrogens is 348 g/mol. The highest BCUT2D eigenvalue weighted by atomic mass is 32.2. The summed E-state index contributed by atoms with van der Waals surface area (Å²) < 4.78 is 25.4. The van der Waals surface area contributed by atoms with Crippen molar-refractivity contribution in [3.05, 3.63) is 34.8 Å². The number of nitrogens with one attached hydrogen (secondary N) is 1. The Balaban J connectivity index is 2.14. The number of anilines is 1. The molecule has 0 bridgehead atoms. The molecule has 0 spiro atoms. The maximum atomic E-state index is 12.3. The van der Waals surface area contributed by atoms with Gasteiger partial charge in [0.2, 0.25) is 15.2 Å². The lowest BCUT2D eigenvalue weighted by Crippen LogP contribution is -2.22. The number of unbranched alkanes of at least 4 members (excludes halogenated alkanes) is 1. The van der Waals surface area contributed by atoms with Gasteiger partial charge in [-0.3, -0.25) is 10.1 Å². The molecule has 1 aromatic carbocycles. The summed E-state index contributed by atoms with van der Waals surface area (Å²) in [6.45, 7) is 2.10. The van der Waals surface area contributed by atoms with E-state index >= 15 is 0 Å². The molecule has 1 heterocycles. The van der Waals surface area contributed by atoms with Crippen molar-refractivity contribution in [2.45, 2.75) is 31.1 Å².